The Labute approximate surface area is 689 Å². The topological polar surface area (TPSA) is 194 Å². The zero-order chi connectivity index (χ0) is 83.3. The van der Waals surface area contributed by atoms with Gasteiger partial charge in [-0.25, -0.2) is 35.1 Å². The highest BCUT2D eigenvalue weighted by Gasteiger charge is 2.46. The van der Waals surface area contributed by atoms with Crippen molar-refractivity contribution in [3.8, 4) is 0 Å². The normalized spacial score (nSPS) is 19.1. The predicted molar refractivity (Wildman–Crippen MR) is 440 cm³/mol. The van der Waals surface area contributed by atoms with Gasteiger partial charge in [-0.15, -0.1) is 0 Å². The predicted octanol–water partition coefficient (Wildman–Crippen LogP) is 21.4. The minimum absolute atomic E-state index is 0.00115. The summed E-state index contributed by atoms with van der Waals surface area (Å²) in [4.78, 5) is 62.1. The van der Waals surface area contributed by atoms with Crippen molar-refractivity contribution in [1.29, 1.82) is 0 Å². The van der Waals surface area contributed by atoms with Gasteiger partial charge in [0.25, 0.3) is 0 Å². The first-order valence-corrected chi connectivity index (χ1v) is 39.8. The molecular formula is C96H73ClF8N4O12. The van der Waals surface area contributed by atoms with Gasteiger partial charge in [0.15, 0.2) is 81.5 Å². The monoisotopic (exact) mass is 1660 g/mol. The van der Waals surface area contributed by atoms with Crippen LogP contribution in [0.1, 0.15) is 107 Å². The summed E-state index contributed by atoms with van der Waals surface area (Å²) in [5.74, 6) is -10.9. The summed E-state index contributed by atoms with van der Waals surface area (Å²) in [6.07, 6.45) is -4.00. The number of nitrogens with zero attached hydrogens (tertiary/aromatic N) is 1. The largest absolute Gasteiger partial charge is 0.374 e. The van der Waals surface area contributed by atoms with Crippen molar-refractivity contribution in [2.75, 3.05) is 13.2 Å². The quantitative estimate of drug-likeness (QED) is 0.0351. The Morgan fingerprint density at radius 2 is 0.653 bits per heavy atom. The van der Waals surface area contributed by atoms with Gasteiger partial charge in [-0.1, -0.05) is 194 Å². The molecule has 0 bridgehead atoms. The number of rotatable bonds is 21. The molecule has 2 saturated heterocycles. The van der Waals surface area contributed by atoms with E-state index in [1.54, 1.807) is 4.57 Å². The molecule has 121 heavy (non-hydrogen) atoms. The summed E-state index contributed by atoms with van der Waals surface area (Å²) in [6.45, 7) is 2.68. The number of Topliss-reactive ketones (excluding diaryl/α,β-unsaturated/α-hetero) is 4. The molecule has 612 valence electrons. The number of aromatic nitrogens is 4. The molecule has 25 heteroatoms. The van der Waals surface area contributed by atoms with E-state index < -0.39 is 106 Å². The van der Waals surface area contributed by atoms with Crippen LogP contribution < -0.4 is 0 Å². The second kappa shape index (κ2) is 34.2. The Balaban J connectivity index is 0.000000138. The molecule has 6 heterocycles. The third kappa shape index (κ3) is 15.9. The number of ether oxygens (including phenoxy) is 8. The lowest BCUT2D eigenvalue weighted by atomic mass is 9.96. The van der Waals surface area contributed by atoms with E-state index in [1.807, 2.05) is 170 Å². The van der Waals surface area contributed by atoms with Crippen LogP contribution in [0.15, 0.2) is 231 Å². The van der Waals surface area contributed by atoms with E-state index in [2.05, 4.69) is 27.1 Å². The SMILES string of the molecule is ClC1OC(COCc2ccccc2)CC(OCc2ccccc2)C1OCc1ccccc1.O=C1CC(=O)c2c1c1c3cc(F)c(F)cc3[nH]c1c1[nH]c3cc(F)c(F)cc3c21.O=C1CC(=O)c2c1c1c3cc(F)c(F)cc3[nH]c1c1c2c2cc(F)c(F)cc2n1C1OC(COCc2ccccc2)CC(OCc2ccccc2)C1OCc1ccccc1. The molecule has 16 nitrogen and oxygen atoms in total. The summed E-state index contributed by atoms with van der Waals surface area (Å²) in [6, 6.07) is 66.9. The van der Waals surface area contributed by atoms with Crippen molar-refractivity contribution in [3.63, 3.8) is 0 Å². The van der Waals surface area contributed by atoms with Gasteiger partial charge in [0.05, 0.1) is 118 Å². The number of alkyl halides is 1. The van der Waals surface area contributed by atoms with Crippen molar-refractivity contribution in [2.24, 2.45) is 0 Å². The summed E-state index contributed by atoms with van der Waals surface area (Å²) in [5.41, 5.74) is 7.46. The van der Waals surface area contributed by atoms with Crippen LogP contribution in [-0.4, -0.2) is 98.1 Å². The maximum absolute atomic E-state index is 15.6. The number of H-pyrrole nitrogens is 3. The Morgan fingerprint density at radius 3 is 1.05 bits per heavy atom. The van der Waals surface area contributed by atoms with Gasteiger partial charge in [-0.3, -0.25) is 19.2 Å². The minimum atomic E-state index is -1.18. The van der Waals surface area contributed by atoms with Crippen LogP contribution in [-0.2, 0) is 77.5 Å². The summed E-state index contributed by atoms with van der Waals surface area (Å²) in [5, 5.41) is 1.71. The Hall–Kier alpha value is -12.1. The van der Waals surface area contributed by atoms with Crippen molar-refractivity contribution >= 4 is 122 Å². The minimum Gasteiger partial charge on any atom is -0.374 e. The third-order valence-corrected chi connectivity index (χ3v) is 22.8. The zero-order valence-corrected chi connectivity index (χ0v) is 65.0. The number of aromatic amines is 3. The van der Waals surface area contributed by atoms with Gasteiger partial charge in [0, 0.05) is 119 Å². The van der Waals surface area contributed by atoms with Crippen LogP contribution in [0, 0.1) is 46.5 Å². The number of carbonyl (C=O) groups excluding carboxylic acids is 4. The van der Waals surface area contributed by atoms with E-state index in [1.165, 1.54) is 0 Å². The maximum Gasteiger partial charge on any atom is 0.172 e. The molecule has 0 saturated carbocycles. The van der Waals surface area contributed by atoms with Crippen LogP contribution >= 0.6 is 11.6 Å². The highest BCUT2D eigenvalue weighted by atomic mass is 35.5. The van der Waals surface area contributed by atoms with Crippen LogP contribution in [0.25, 0.3) is 87.2 Å². The maximum atomic E-state index is 15.6. The molecule has 2 fully saturated rings. The number of nitrogens with one attached hydrogen (secondary N) is 3. The first-order chi connectivity index (χ1) is 58.9. The van der Waals surface area contributed by atoms with Crippen molar-refractivity contribution in [1.82, 2.24) is 19.5 Å². The molecular weight excluding hydrogens is 1590 g/mol. The molecule has 16 aromatic rings. The molecule has 12 aromatic carbocycles. The molecule has 8 unspecified atom stereocenters. The lowest BCUT2D eigenvalue weighted by Gasteiger charge is -2.42. The number of halogens is 9. The molecule has 0 spiro atoms. The number of hydrogen-bond donors (Lipinski definition) is 3. The summed E-state index contributed by atoms with van der Waals surface area (Å²) in [7, 11) is 0. The second-order valence-electron chi connectivity index (χ2n) is 30.4. The average molecular weight is 1660 g/mol. The van der Waals surface area contributed by atoms with E-state index >= 15 is 8.78 Å². The Morgan fingerprint density at radius 1 is 0.347 bits per heavy atom. The number of carbonyl (C=O) groups is 4. The molecule has 2 aliphatic heterocycles. The lowest BCUT2D eigenvalue weighted by Crippen LogP contribution is -2.49. The lowest BCUT2D eigenvalue weighted by molar-refractivity contribution is -0.238. The van der Waals surface area contributed by atoms with E-state index in [9.17, 15) is 45.5 Å². The standard InChI is InChI=1S/C48H36F4N2O6.C27H29ClO4.C21H8F4N2O2/c49-32-17-30-36(19-34(32)51)53-45-41(30)43-38(55)21-39(56)44(43)42-31-18-33(50)35(52)20-37(31)54(46(42)45)48-47(59-24-28-14-8-3-9-15-28)40(58-23-27-12-6-2-7-13-27)16-29(60-48)25-57-22-26-10-4-1-5-11-26;28-27-26(31-19-23-14-8-3-9-15-23)25(30-18-22-12-6-2-7-13-22)16-24(32-27)20-29-17-21-10-4-1-5-11-21;22-8-1-6-12(3-10(8)24)26-20-16(6)18-14(28)5-15(29)19(18)17-7-2-9(23)11(25)4-13(7)27-21(17)20/h1-15,17-20,29,40,47-48,53H,16,21-25H2;1-15,24-27H,16-20H2;1-4,26-27H,5H2. The van der Waals surface area contributed by atoms with E-state index in [0.717, 1.165) is 81.9 Å². The number of hydrogen-bond acceptors (Lipinski definition) is 12. The Kier molecular flexibility index (Phi) is 22.6. The fraction of sp³-hybridized carbons (Fsp3) is 0.208. The molecule has 3 N–H and O–H groups in total. The van der Waals surface area contributed by atoms with Crippen LogP contribution in [0.5, 0.6) is 0 Å². The molecule has 2 aliphatic carbocycles. The third-order valence-electron chi connectivity index (χ3n) is 22.5. The van der Waals surface area contributed by atoms with E-state index in [-0.39, 0.29) is 143 Å². The zero-order valence-electron chi connectivity index (χ0n) is 64.3. The fourth-order valence-electron chi connectivity index (χ4n) is 17.0. The highest BCUT2D eigenvalue weighted by molar-refractivity contribution is 6.42. The average Bonchev–Trinajstić information content (AvgIpc) is 1.54. The van der Waals surface area contributed by atoms with E-state index in [0.29, 0.717) is 56.9 Å². The van der Waals surface area contributed by atoms with Gasteiger partial charge in [-0.2, -0.15) is 0 Å². The second-order valence-corrected chi connectivity index (χ2v) is 30.8. The van der Waals surface area contributed by atoms with E-state index in [4.69, 9.17) is 49.5 Å². The molecule has 4 aliphatic rings. The Bertz CT molecular complexity index is 6540. The number of benzene rings is 12. The molecule has 0 amide bonds. The summed E-state index contributed by atoms with van der Waals surface area (Å²) >= 11 is 6.63. The van der Waals surface area contributed by atoms with Crippen LogP contribution in [0.2, 0.25) is 0 Å². The number of fused-ring (bicyclic) bond motifs is 20. The van der Waals surface area contributed by atoms with Gasteiger partial charge in [0.1, 0.15) is 12.2 Å². The fourth-order valence-corrected chi connectivity index (χ4v) is 17.4. The molecule has 4 aromatic heterocycles. The van der Waals surface area contributed by atoms with Crippen LogP contribution in [0.4, 0.5) is 35.1 Å². The first kappa shape index (κ1) is 80.0. The van der Waals surface area contributed by atoms with Crippen molar-refractivity contribution < 1.29 is 92.2 Å². The highest BCUT2D eigenvalue weighted by Crippen LogP contribution is 2.50. The summed E-state index contributed by atoms with van der Waals surface area (Å²) < 4.78 is 169. The first-order valence-electron chi connectivity index (χ1n) is 39.3. The number of ketones is 4. The molecule has 0 radical (unpaired) electrons. The smallest absolute Gasteiger partial charge is 0.172 e. The van der Waals surface area contributed by atoms with Crippen LogP contribution in [0.3, 0.4) is 0 Å². The molecule has 20 rings (SSSR count). The van der Waals surface area contributed by atoms with Gasteiger partial charge >= 0.3 is 0 Å². The van der Waals surface area contributed by atoms with Crippen molar-refractivity contribution in [3.05, 3.63) is 333 Å². The van der Waals surface area contributed by atoms with Gasteiger partial charge in [0.2, 0.25) is 0 Å². The van der Waals surface area contributed by atoms with Gasteiger partial charge in [-0.05, 0) is 57.6 Å². The molecule has 8 atom stereocenters. The van der Waals surface area contributed by atoms with Crippen molar-refractivity contribution in [2.45, 2.75) is 114 Å². The van der Waals surface area contributed by atoms with Gasteiger partial charge < -0.3 is 57.4 Å².